The highest BCUT2D eigenvalue weighted by Crippen LogP contribution is 2.18. The Labute approximate surface area is 106 Å². The first kappa shape index (κ1) is 12.1. The van der Waals surface area contributed by atoms with Crippen molar-refractivity contribution in [1.82, 2.24) is 15.0 Å². The largest absolute Gasteiger partial charge is 0.252 e. The fraction of sp³-hybridized carbons (Fsp3) is 0.385. The second-order valence-corrected chi connectivity index (χ2v) is 4.47. The third-order valence-corrected chi connectivity index (χ3v) is 3.16. The smallest absolute Gasteiger partial charge is 0.0974 e. The van der Waals surface area contributed by atoms with Crippen LogP contribution in [0.15, 0.2) is 36.5 Å². The molecule has 0 saturated heterocycles. The molecule has 2 rings (SSSR count). The van der Waals surface area contributed by atoms with Crippen LogP contribution >= 0.6 is 11.6 Å². The molecule has 1 atom stereocenters. The van der Waals surface area contributed by atoms with E-state index < -0.39 is 0 Å². The molecule has 3 nitrogen and oxygen atoms in total. The van der Waals surface area contributed by atoms with Gasteiger partial charge in [0.15, 0.2) is 0 Å². The molecule has 0 aliphatic rings. The van der Waals surface area contributed by atoms with E-state index in [-0.39, 0.29) is 0 Å². The standard InChI is InChI=1S/C13H16ClN3/c1-11(12-5-3-2-4-6-12)7-8-17-10-13(9-14)15-16-17/h2-6,10-11H,7-9H2,1H3/t11-/m1/s1. The molecule has 0 aliphatic carbocycles. The van der Waals surface area contributed by atoms with Gasteiger partial charge in [-0.05, 0) is 17.9 Å². The monoisotopic (exact) mass is 249 g/mol. The molecule has 1 aromatic carbocycles. The molecule has 17 heavy (non-hydrogen) atoms. The van der Waals surface area contributed by atoms with Gasteiger partial charge in [0.1, 0.15) is 0 Å². The van der Waals surface area contributed by atoms with Crippen LogP contribution in [0.1, 0.15) is 30.5 Å². The summed E-state index contributed by atoms with van der Waals surface area (Å²) in [5.74, 6) is 0.952. The highest BCUT2D eigenvalue weighted by atomic mass is 35.5. The van der Waals surface area contributed by atoms with Gasteiger partial charge in [0.2, 0.25) is 0 Å². The molecular weight excluding hydrogens is 234 g/mol. The van der Waals surface area contributed by atoms with E-state index in [9.17, 15) is 0 Å². The lowest BCUT2D eigenvalue weighted by atomic mass is 9.98. The second-order valence-electron chi connectivity index (χ2n) is 4.21. The van der Waals surface area contributed by atoms with Crippen molar-refractivity contribution in [2.75, 3.05) is 0 Å². The zero-order chi connectivity index (χ0) is 12.1. The van der Waals surface area contributed by atoms with E-state index in [1.165, 1.54) is 5.56 Å². The van der Waals surface area contributed by atoms with Gasteiger partial charge >= 0.3 is 0 Å². The Morgan fingerprint density at radius 3 is 2.71 bits per heavy atom. The summed E-state index contributed by atoms with van der Waals surface area (Å²) in [6.07, 6.45) is 2.96. The van der Waals surface area contributed by atoms with Crippen molar-refractivity contribution in [2.45, 2.75) is 31.7 Å². The maximum Gasteiger partial charge on any atom is 0.0974 e. The van der Waals surface area contributed by atoms with Crippen molar-refractivity contribution in [2.24, 2.45) is 0 Å². The van der Waals surface area contributed by atoms with Gasteiger partial charge in [0, 0.05) is 12.7 Å². The van der Waals surface area contributed by atoms with Crippen LogP contribution in [0.25, 0.3) is 0 Å². The maximum absolute atomic E-state index is 5.68. The van der Waals surface area contributed by atoms with Crippen molar-refractivity contribution in [3.8, 4) is 0 Å². The molecule has 0 aliphatic heterocycles. The number of benzene rings is 1. The molecule has 0 radical (unpaired) electrons. The van der Waals surface area contributed by atoms with Gasteiger partial charge in [-0.1, -0.05) is 42.5 Å². The minimum Gasteiger partial charge on any atom is -0.252 e. The van der Waals surface area contributed by atoms with Crippen LogP contribution in [-0.2, 0) is 12.4 Å². The van der Waals surface area contributed by atoms with Gasteiger partial charge in [-0.25, -0.2) is 0 Å². The lowest BCUT2D eigenvalue weighted by molar-refractivity contribution is 0.520. The van der Waals surface area contributed by atoms with E-state index in [0.29, 0.717) is 11.8 Å². The Bertz CT molecular complexity index is 453. The molecule has 0 fully saturated rings. The average Bonchev–Trinajstić information content (AvgIpc) is 2.85. The molecule has 0 spiro atoms. The quantitative estimate of drug-likeness (QED) is 0.762. The number of aryl methyl sites for hydroxylation is 1. The fourth-order valence-electron chi connectivity index (χ4n) is 1.78. The van der Waals surface area contributed by atoms with Gasteiger partial charge in [-0.15, -0.1) is 16.7 Å². The average molecular weight is 250 g/mol. The van der Waals surface area contributed by atoms with Crippen LogP contribution in [0, 0.1) is 0 Å². The van der Waals surface area contributed by atoms with E-state index in [2.05, 4.69) is 41.5 Å². The van der Waals surface area contributed by atoms with Crippen LogP contribution in [0.2, 0.25) is 0 Å². The minimum absolute atomic E-state index is 0.425. The van der Waals surface area contributed by atoms with Crippen molar-refractivity contribution in [3.05, 3.63) is 47.8 Å². The van der Waals surface area contributed by atoms with E-state index >= 15 is 0 Å². The zero-order valence-electron chi connectivity index (χ0n) is 9.88. The Morgan fingerprint density at radius 1 is 1.29 bits per heavy atom. The maximum atomic E-state index is 5.68. The molecule has 2 aromatic rings. The summed E-state index contributed by atoms with van der Waals surface area (Å²) in [7, 11) is 0. The van der Waals surface area contributed by atoms with Crippen LogP contribution in [-0.4, -0.2) is 15.0 Å². The Balaban J connectivity index is 1.90. The SMILES string of the molecule is C[C@H](CCn1cc(CCl)nn1)c1ccccc1. The summed E-state index contributed by atoms with van der Waals surface area (Å²) in [5.41, 5.74) is 2.20. The lowest BCUT2D eigenvalue weighted by Crippen LogP contribution is -2.03. The van der Waals surface area contributed by atoms with Crippen LogP contribution in [0.4, 0.5) is 0 Å². The summed E-state index contributed by atoms with van der Waals surface area (Å²) < 4.78 is 1.86. The number of hydrogen-bond donors (Lipinski definition) is 0. The summed E-state index contributed by atoms with van der Waals surface area (Å²) in [6, 6.07) is 10.5. The molecule has 0 N–H and O–H groups in total. The molecule has 0 amide bonds. The number of aromatic nitrogens is 3. The summed E-state index contributed by atoms with van der Waals surface area (Å²) in [4.78, 5) is 0. The predicted molar refractivity (Wildman–Crippen MR) is 69.1 cm³/mol. The molecule has 1 heterocycles. The second kappa shape index (κ2) is 5.82. The van der Waals surface area contributed by atoms with Gasteiger partial charge in [-0.2, -0.15) is 0 Å². The van der Waals surface area contributed by atoms with E-state index in [1.54, 1.807) is 0 Å². The number of alkyl halides is 1. The first-order chi connectivity index (χ1) is 8.29. The Kier molecular flexibility index (Phi) is 4.15. The number of halogens is 1. The van der Waals surface area contributed by atoms with Gasteiger partial charge < -0.3 is 0 Å². The summed E-state index contributed by atoms with van der Waals surface area (Å²) >= 11 is 5.68. The summed E-state index contributed by atoms with van der Waals surface area (Å²) in [5, 5.41) is 8.00. The first-order valence-electron chi connectivity index (χ1n) is 5.79. The van der Waals surface area contributed by atoms with Crippen molar-refractivity contribution < 1.29 is 0 Å². The van der Waals surface area contributed by atoms with Crippen LogP contribution in [0.5, 0.6) is 0 Å². The van der Waals surface area contributed by atoms with Gasteiger partial charge in [0.25, 0.3) is 0 Å². The Hall–Kier alpha value is -1.35. The molecule has 0 saturated carbocycles. The molecule has 90 valence electrons. The molecule has 1 aromatic heterocycles. The van der Waals surface area contributed by atoms with Crippen LogP contribution in [0.3, 0.4) is 0 Å². The highest BCUT2D eigenvalue weighted by Gasteiger charge is 2.06. The number of nitrogens with zero attached hydrogens (tertiary/aromatic N) is 3. The van der Waals surface area contributed by atoms with E-state index in [1.807, 2.05) is 16.9 Å². The fourth-order valence-corrected chi connectivity index (χ4v) is 1.91. The number of hydrogen-bond acceptors (Lipinski definition) is 2. The molecule has 0 unspecified atom stereocenters. The topological polar surface area (TPSA) is 30.7 Å². The molecule has 4 heteroatoms. The zero-order valence-corrected chi connectivity index (χ0v) is 10.6. The van der Waals surface area contributed by atoms with Gasteiger partial charge in [0.05, 0.1) is 11.6 Å². The van der Waals surface area contributed by atoms with Gasteiger partial charge in [-0.3, -0.25) is 4.68 Å². The van der Waals surface area contributed by atoms with E-state index in [4.69, 9.17) is 11.6 Å². The normalized spacial score (nSPS) is 12.6. The molecule has 0 bridgehead atoms. The van der Waals surface area contributed by atoms with Crippen molar-refractivity contribution in [3.63, 3.8) is 0 Å². The van der Waals surface area contributed by atoms with Crippen molar-refractivity contribution >= 4 is 11.6 Å². The first-order valence-corrected chi connectivity index (χ1v) is 6.33. The molecular formula is C13H16ClN3. The third-order valence-electron chi connectivity index (χ3n) is 2.88. The predicted octanol–water partition coefficient (Wildman–Crippen LogP) is 3.21. The Morgan fingerprint density at radius 2 is 2.06 bits per heavy atom. The van der Waals surface area contributed by atoms with E-state index in [0.717, 1.165) is 18.7 Å². The lowest BCUT2D eigenvalue weighted by Gasteiger charge is -2.11. The summed E-state index contributed by atoms with van der Waals surface area (Å²) in [6.45, 7) is 3.11. The minimum atomic E-state index is 0.425. The number of rotatable bonds is 5. The third kappa shape index (κ3) is 3.30. The van der Waals surface area contributed by atoms with Crippen LogP contribution < -0.4 is 0 Å². The van der Waals surface area contributed by atoms with Crippen molar-refractivity contribution in [1.29, 1.82) is 0 Å². The highest BCUT2D eigenvalue weighted by molar-refractivity contribution is 6.16.